The first-order valence-corrected chi connectivity index (χ1v) is 6.12. The van der Waals surface area contributed by atoms with E-state index >= 15 is 0 Å². The van der Waals surface area contributed by atoms with E-state index < -0.39 is 17.5 Å². The van der Waals surface area contributed by atoms with Crippen molar-refractivity contribution in [2.45, 2.75) is 0 Å². The van der Waals surface area contributed by atoms with Crippen LogP contribution in [0.2, 0.25) is 0 Å². The van der Waals surface area contributed by atoms with E-state index in [0.717, 1.165) is 12.1 Å². The van der Waals surface area contributed by atoms with Gasteiger partial charge in [0, 0.05) is 12.3 Å². The van der Waals surface area contributed by atoms with Crippen LogP contribution in [0.3, 0.4) is 0 Å². The average Bonchev–Trinajstić information content (AvgIpc) is 2.44. The van der Waals surface area contributed by atoms with Gasteiger partial charge in [-0.1, -0.05) is 0 Å². The first-order chi connectivity index (χ1) is 9.51. The van der Waals surface area contributed by atoms with Gasteiger partial charge in [0.1, 0.15) is 23.4 Å². The quantitative estimate of drug-likeness (QED) is 0.855. The summed E-state index contributed by atoms with van der Waals surface area (Å²) in [5.74, 6) is -2.18. The van der Waals surface area contributed by atoms with Gasteiger partial charge in [-0.15, -0.1) is 0 Å². The van der Waals surface area contributed by atoms with E-state index in [1.807, 2.05) is 6.07 Å². The van der Waals surface area contributed by atoms with Crippen LogP contribution in [0.1, 0.15) is 16.1 Å². The number of anilines is 1. The number of nitrogens with zero attached hydrogens (tertiary/aromatic N) is 2. The molecule has 1 N–H and O–H groups in total. The topological polar surface area (TPSA) is 65.8 Å². The van der Waals surface area contributed by atoms with Crippen molar-refractivity contribution >= 4 is 27.5 Å². The average molecular weight is 338 g/mol. The molecule has 0 saturated heterocycles. The molecule has 2 aromatic rings. The lowest BCUT2D eigenvalue weighted by Gasteiger charge is -2.07. The molecule has 2 rings (SSSR count). The predicted molar refractivity (Wildman–Crippen MR) is 71.0 cm³/mol. The van der Waals surface area contributed by atoms with Crippen LogP contribution in [-0.2, 0) is 0 Å². The molecular formula is C13H6BrF2N3O. The van der Waals surface area contributed by atoms with E-state index in [1.165, 1.54) is 18.3 Å². The summed E-state index contributed by atoms with van der Waals surface area (Å²) >= 11 is 2.84. The van der Waals surface area contributed by atoms with Crippen LogP contribution in [-0.4, -0.2) is 10.9 Å². The summed E-state index contributed by atoms with van der Waals surface area (Å²) in [6, 6.07) is 6.36. The standard InChI is InChI=1S/C13H6BrF2N3O/c14-8-3-10(16)12(4-9(8)15)19-13(20)11-2-1-7(5-17)6-18-11/h1-4,6H,(H,19,20). The van der Waals surface area contributed by atoms with Crippen LogP contribution < -0.4 is 5.32 Å². The number of nitrogens with one attached hydrogen (secondary N) is 1. The second-order valence-corrected chi connectivity index (χ2v) is 4.60. The molecule has 0 atom stereocenters. The maximum absolute atomic E-state index is 13.6. The second-order valence-electron chi connectivity index (χ2n) is 3.74. The Balaban J connectivity index is 2.23. The molecule has 0 fully saturated rings. The molecule has 100 valence electrons. The van der Waals surface area contributed by atoms with Gasteiger partial charge in [0.05, 0.1) is 15.7 Å². The van der Waals surface area contributed by atoms with Gasteiger partial charge in [-0.05, 0) is 34.1 Å². The van der Waals surface area contributed by atoms with Gasteiger partial charge in [-0.3, -0.25) is 4.79 Å². The van der Waals surface area contributed by atoms with Crippen molar-refractivity contribution in [3.8, 4) is 6.07 Å². The molecule has 4 nitrogen and oxygen atoms in total. The lowest BCUT2D eigenvalue weighted by molar-refractivity contribution is 0.102. The van der Waals surface area contributed by atoms with Gasteiger partial charge in [0.15, 0.2) is 0 Å². The summed E-state index contributed by atoms with van der Waals surface area (Å²) in [5.41, 5.74) is -0.00370. The van der Waals surface area contributed by atoms with Crippen LogP contribution in [0.4, 0.5) is 14.5 Å². The summed E-state index contributed by atoms with van der Waals surface area (Å²) in [6.07, 6.45) is 1.22. The minimum absolute atomic E-state index is 0.00766. The minimum atomic E-state index is -0.778. The molecular weight excluding hydrogens is 332 g/mol. The van der Waals surface area contributed by atoms with Gasteiger partial charge < -0.3 is 5.32 Å². The molecule has 0 bridgehead atoms. The normalized spacial score (nSPS) is 9.90. The monoisotopic (exact) mass is 337 g/mol. The third-order valence-corrected chi connectivity index (χ3v) is 2.99. The molecule has 0 radical (unpaired) electrons. The maximum Gasteiger partial charge on any atom is 0.274 e. The highest BCUT2D eigenvalue weighted by molar-refractivity contribution is 9.10. The first kappa shape index (κ1) is 14.1. The van der Waals surface area contributed by atoms with Crippen LogP contribution >= 0.6 is 15.9 Å². The number of aromatic nitrogens is 1. The molecule has 20 heavy (non-hydrogen) atoms. The number of benzene rings is 1. The van der Waals surface area contributed by atoms with Crippen molar-refractivity contribution in [2.24, 2.45) is 0 Å². The number of amides is 1. The van der Waals surface area contributed by atoms with Crippen molar-refractivity contribution in [3.05, 3.63) is 57.8 Å². The zero-order chi connectivity index (χ0) is 14.7. The molecule has 7 heteroatoms. The predicted octanol–water partition coefficient (Wildman–Crippen LogP) is 3.25. The van der Waals surface area contributed by atoms with Crippen molar-refractivity contribution < 1.29 is 13.6 Å². The third-order valence-electron chi connectivity index (χ3n) is 2.38. The fraction of sp³-hybridized carbons (Fsp3) is 0. The van der Waals surface area contributed by atoms with E-state index in [4.69, 9.17) is 5.26 Å². The minimum Gasteiger partial charge on any atom is -0.318 e. The van der Waals surface area contributed by atoms with Crippen LogP contribution in [0.5, 0.6) is 0 Å². The van der Waals surface area contributed by atoms with Crippen LogP contribution in [0.25, 0.3) is 0 Å². The zero-order valence-corrected chi connectivity index (χ0v) is 11.4. The number of carbonyl (C=O) groups is 1. The molecule has 1 aromatic carbocycles. The maximum atomic E-state index is 13.6. The summed E-state index contributed by atoms with van der Waals surface area (Å²) in [4.78, 5) is 15.6. The van der Waals surface area contributed by atoms with Gasteiger partial charge in [0.2, 0.25) is 0 Å². The number of carbonyl (C=O) groups excluding carboxylic acids is 1. The fourth-order valence-electron chi connectivity index (χ4n) is 1.40. The van der Waals surface area contributed by atoms with E-state index in [9.17, 15) is 13.6 Å². The van der Waals surface area contributed by atoms with Crippen LogP contribution in [0.15, 0.2) is 34.9 Å². The van der Waals surface area contributed by atoms with Gasteiger partial charge >= 0.3 is 0 Å². The number of halogens is 3. The van der Waals surface area contributed by atoms with Gasteiger partial charge in [0.25, 0.3) is 5.91 Å². The smallest absolute Gasteiger partial charge is 0.274 e. The summed E-state index contributed by atoms with van der Waals surface area (Å²) in [5, 5.41) is 10.8. The van der Waals surface area contributed by atoms with Crippen LogP contribution in [0, 0.1) is 23.0 Å². The Morgan fingerprint density at radius 2 is 2.05 bits per heavy atom. The second kappa shape index (κ2) is 5.75. The number of nitriles is 1. The summed E-state index contributed by atoms with van der Waals surface area (Å²) in [7, 11) is 0. The Labute approximate surface area is 121 Å². The largest absolute Gasteiger partial charge is 0.318 e. The molecule has 0 aliphatic rings. The van der Waals surface area contributed by atoms with Crippen molar-refractivity contribution in [2.75, 3.05) is 5.32 Å². The van der Waals surface area contributed by atoms with E-state index in [2.05, 4.69) is 26.2 Å². The summed E-state index contributed by atoms with van der Waals surface area (Å²) < 4.78 is 26.8. The molecule has 1 heterocycles. The highest BCUT2D eigenvalue weighted by atomic mass is 79.9. The highest BCUT2D eigenvalue weighted by Gasteiger charge is 2.13. The Morgan fingerprint density at radius 3 is 2.65 bits per heavy atom. The molecule has 0 unspecified atom stereocenters. The lowest BCUT2D eigenvalue weighted by atomic mass is 10.2. The lowest BCUT2D eigenvalue weighted by Crippen LogP contribution is -2.14. The Bertz CT molecular complexity index is 711. The SMILES string of the molecule is N#Cc1ccc(C(=O)Nc2cc(F)c(Br)cc2F)nc1. The molecule has 1 amide bonds. The van der Waals surface area contributed by atoms with Crippen molar-refractivity contribution in [1.82, 2.24) is 4.98 Å². The summed E-state index contributed by atoms with van der Waals surface area (Å²) in [6.45, 7) is 0. The Hall–Kier alpha value is -2.33. The van der Waals surface area contributed by atoms with E-state index in [1.54, 1.807) is 0 Å². The molecule has 0 aliphatic heterocycles. The molecule has 0 spiro atoms. The van der Waals surface area contributed by atoms with Crippen molar-refractivity contribution in [3.63, 3.8) is 0 Å². The van der Waals surface area contributed by atoms with Gasteiger partial charge in [-0.25, -0.2) is 13.8 Å². The number of hydrogen-bond donors (Lipinski definition) is 1. The number of rotatable bonds is 2. The number of hydrogen-bond acceptors (Lipinski definition) is 3. The highest BCUT2D eigenvalue weighted by Crippen LogP contribution is 2.23. The number of pyridine rings is 1. The van der Waals surface area contributed by atoms with Gasteiger partial charge in [-0.2, -0.15) is 5.26 Å². The Kier molecular flexibility index (Phi) is 4.05. The Morgan fingerprint density at radius 1 is 1.30 bits per heavy atom. The van der Waals surface area contributed by atoms with E-state index in [0.29, 0.717) is 5.56 Å². The molecule has 0 aliphatic carbocycles. The third kappa shape index (κ3) is 2.97. The van der Waals surface area contributed by atoms with E-state index in [-0.39, 0.29) is 15.9 Å². The zero-order valence-electron chi connectivity index (χ0n) is 9.82. The fourth-order valence-corrected chi connectivity index (χ4v) is 1.71. The molecule has 0 saturated carbocycles. The molecule has 1 aromatic heterocycles. The first-order valence-electron chi connectivity index (χ1n) is 5.33. The van der Waals surface area contributed by atoms with Crippen molar-refractivity contribution in [1.29, 1.82) is 5.26 Å².